The number of benzene rings is 2. The third-order valence-corrected chi connectivity index (χ3v) is 4.27. The summed E-state index contributed by atoms with van der Waals surface area (Å²) in [6.07, 6.45) is 0. The number of rotatable bonds is 7. The molecule has 23 heavy (non-hydrogen) atoms. The van der Waals surface area contributed by atoms with Gasteiger partial charge in [-0.05, 0) is 36.8 Å². The summed E-state index contributed by atoms with van der Waals surface area (Å²) in [5.74, 6) is 0.675. The van der Waals surface area contributed by atoms with Gasteiger partial charge in [-0.15, -0.1) is 11.8 Å². The van der Waals surface area contributed by atoms with Crippen LogP contribution in [0.25, 0.3) is 0 Å². The molecule has 0 bridgehead atoms. The minimum absolute atomic E-state index is 0.0597. The number of carbonyl (C=O) groups excluding carboxylic acids is 1. The summed E-state index contributed by atoms with van der Waals surface area (Å²) in [4.78, 5) is 12.1. The normalized spacial score (nSPS) is 12.0. The molecule has 122 valence electrons. The lowest BCUT2D eigenvalue weighted by Crippen LogP contribution is -2.22. The quantitative estimate of drug-likeness (QED) is 0.805. The van der Waals surface area contributed by atoms with Crippen LogP contribution in [0.5, 0.6) is 5.75 Å². The standard InChI is InChI=1S/C17H17F2NO2S/c1-12(23-11-13-5-3-2-4-6-13)16(21)20-14-7-9-15(10-8-14)22-17(18)19/h2-10,12,17H,11H2,1H3,(H,20,21)/t12-/m0/s1. The van der Waals surface area contributed by atoms with E-state index in [1.807, 2.05) is 37.3 Å². The fourth-order valence-corrected chi connectivity index (χ4v) is 2.68. The predicted molar refractivity (Wildman–Crippen MR) is 88.9 cm³/mol. The molecule has 2 aromatic carbocycles. The van der Waals surface area contributed by atoms with Crippen LogP contribution in [0.1, 0.15) is 12.5 Å². The molecule has 0 aliphatic carbocycles. The minimum Gasteiger partial charge on any atom is -0.435 e. The Morgan fingerprint density at radius 3 is 2.39 bits per heavy atom. The number of nitrogens with one attached hydrogen (secondary N) is 1. The molecule has 0 fully saturated rings. The van der Waals surface area contributed by atoms with Crippen LogP contribution in [0, 0.1) is 0 Å². The first-order valence-corrected chi connectivity index (χ1v) is 8.11. The van der Waals surface area contributed by atoms with Gasteiger partial charge in [0.1, 0.15) is 5.75 Å². The average Bonchev–Trinajstić information content (AvgIpc) is 2.55. The van der Waals surface area contributed by atoms with E-state index in [4.69, 9.17) is 0 Å². The summed E-state index contributed by atoms with van der Waals surface area (Å²) in [5, 5.41) is 2.53. The second-order valence-corrected chi connectivity index (χ2v) is 6.16. The van der Waals surface area contributed by atoms with Gasteiger partial charge in [-0.3, -0.25) is 4.79 Å². The van der Waals surface area contributed by atoms with Gasteiger partial charge in [0, 0.05) is 11.4 Å². The third-order valence-electron chi connectivity index (χ3n) is 3.06. The van der Waals surface area contributed by atoms with Gasteiger partial charge in [0.25, 0.3) is 0 Å². The first-order valence-electron chi connectivity index (χ1n) is 7.06. The van der Waals surface area contributed by atoms with Gasteiger partial charge in [-0.25, -0.2) is 0 Å². The summed E-state index contributed by atoms with van der Waals surface area (Å²) < 4.78 is 28.4. The molecule has 1 amide bonds. The second-order valence-electron chi connectivity index (χ2n) is 4.83. The Bertz CT molecular complexity index is 620. The van der Waals surface area contributed by atoms with E-state index in [2.05, 4.69) is 10.1 Å². The maximum absolute atomic E-state index is 12.1. The van der Waals surface area contributed by atoms with Crippen molar-refractivity contribution in [3.8, 4) is 5.75 Å². The van der Waals surface area contributed by atoms with E-state index < -0.39 is 6.61 Å². The monoisotopic (exact) mass is 337 g/mol. The molecule has 1 atom stereocenters. The maximum Gasteiger partial charge on any atom is 0.387 e. The van der Waals surface area contributed by atoms with E-state index in [0.29, 0.717) is 5.69 Å². The van der Waals surface area contributed by atoms with E-state index in [1.54, 1.807) is 0 Å². The van der Waals surface area contributed by atoms with Gasteiger partial charge in [0.15, 0.2) is 0 Å². The number of ether oxygens (including phenoxy) is 1. The summed E-state index contributed by atoms with van der Waals surface area (Å²) in [6.45, 7) is -1.03. The average molecular weight is 337 g/mol. The number of hydrogen-bond donors (Lipinski definition) is 1. The zero-order valence-electron chi connectivity index (χ0n) is 12.5. The van der Waals surface area contributed by atoms with Crippen LogP contribution < -0.4 is 10.1 Å². The molecule has 3 nitrogen and oxygen atoms in total. The molecule has 6 heteroatoms. The second kappa shape index (κ2) is 8.53. The lowest BCUT2D eigenvalue weighted by atomic mass is 10.2. The highest BCUT2D eigenvalue weighted by atomic mass is 32.2. The minimum atomic E-state index is -2.86. The molecule has 0 heterocycles. The Balaban J connectivity index is 1.83. The van der Waals surface area contributed by atoms with Gasteiger partial charge in [0.2, 0.25) is 5.91 Å². The van der Waals surface area contributed by atoms with Crippen molar-refractivity contribution < 1.29 is 18.3 Å². The number of carbonyl (C=O) groups is 1. The van der Waals surface area contributed by atoms with Crippen molar-refractivity contribution in [2.75, 3.05) is 5.32 Å². The first kappa shape index (κ1) is 17.3. The Labute approximate surface area is 138 Å². The summed E-state index contributed by atoms with van der Waals surface area (Å²) in [6, 6.07) is 15.7. The van der Waals surface area contributed by atoms with Crippen LogP contribution in [-0.2, 0) is 10.5 Å². The lowest BCUT2D eigenvalue weighted by molar-refractivity contribution is -0.115. The number of halogens is 2. The largest absolute Gasteiger partial charge is 0.435 e. The SMILES string of the molecule is C[C@H](SCc1ccccc1)C(=O)Nc1ccc(OC(F)F)cc1. The predicted octanol–water partition coefficient (Wildman–Crippen LogP) is 4.55. The van der Waals surface area contributed by atoms with Crippen molar-refractivity contribution in [1.82, 2.24) is 0 Å². The van der Waals surface area contributed by atoms with Crippen molar-refractivity contribution in [3.63, 3.8) is 0 Å². The van der Waals surface area contributed by atoms with Crippen LogP contribution in [0.15, 0.2) is 54.6 Å². The Morgan fingerprint density at radius 1 is 1.13 bits per heavy atom. The highest BCUT2D eigenvalue weighted by Crippen LogP contribution is 2.21. The molecule has 0 saturated carbocycles. The maximum atomic E-state index is 12.1. The molecule has 0 radical (unpaired) electrons. The number of anilines is 1. The molecule has 0 aromatic heterocycles. The molecule has 0 saturated heterocycles. The fourth-order valence-electron chi connectivity index (χ4n) is 1.83. The highest BCUT2D eigenvalue weighted by Gasteiger charge is 2.14. The zero-order chi connectivity index (χ0) is 16.7. The van der Waals surface area contributed by atoms with Crippen molar-refractivity contribution in [2.24, 2.45) is 0 Å². The molecular weight excluding hydrogens is 320 g/mol. The lowest BCUT2D eigenvalue weighted by Gasteiger charge is -2.12. The van der Waals surface area contributed by atoms with Crippen molar-refractivity contribution >= 4 is 23.4 Å². The van der Waals surface area contributed by atoms with Crippen molar-refractivity contribution in [1.29, 1.82) is 0 Å². The van der Waals surface area contributed by atoms with Crippen molar-refractivity contribution in [2.45, 2.75) is 24.5 Å². The van der Waals surface area contributed by atoms with Crippen LogP contribution in [-0.4, -0.2) is 17.8 Å². The van der Waals surface area contributed by atoms with Crippen LogP contribution in [0.4, 0.5) is 14.5 Å². The first-order chi connectivity index (χ1) is 11.0. The molecule has 2 aromatic rings. The molecule has 0 spiro atoms. The van der Waals surface area contributed by atoms with E-state index >= 15 is 0 Å². The Kier molecular flexibility index (Phi) is 6.40. The van der Waals surface area contributed by atoms with E-state index in [-0.39, 0.29) is 16.9 Å². The Hall–Kier alpha value is -2.08. The third kappa shape index (κ3) is 5.90. The van der Waals surface area contributed by atoms with Crippen LogP contribution in [0.2, 0.25) is 0 Å². The summed E-state index contributed by atoms with van der Waals surface area (Å²) in [5.41, 5.74) is 1.70. The van der Waals surface area contributed by atoms with Crippen molar-refractivity contribution in [3.05, 3.63) is 60.2 Å². The van der Waals surface area contributed by atoms with E-state index in [9.17, 15) is 13.6 Å². The van der Waals surface area contributed by atoms with Crippen LogP contribution in [0.3, 0.4) is 0 Å². The molecule has 0 aliphatic heterocycles. The fraction of sp³-hybridized carbons (Fsp3) is 0.235. The van der Waals surface area contributed by atoms with Crippen LogP contribution >= 0.6 is 11.8 Å². The number of alkyl halides is 2. The number of thioether (sulfide) groups is 1. The van der Waals surface area contributed by atoms with Gasteiger partial charge in [-0.2, -0.15) is 8.78 Å². The smallest absolute Gasteiger partial charge is 0.387 e. The van der Waals surface area contributed by atoms with E-state index in [0.717, 1.165) is 11.3 Å². The topological polar surface area (TPSA) is 38.3 Å². The number of hydrogen-bond acceptors (Lipinski definition) is 3. The molecule has 0 unspecified atom stereocenters. The summed E-state index contributed by atoms with van der Waals surface area (Å²) in [7, 11) is 0. The molecule has 1 N–H and O–H groups in total. The van der Waals surface area contributed by atoms with Gasteiger partial charge >= 0.3 is 6.61 Å². The van der Waals surface area contributed by atoms with Gasteiger partial charge in [-0.1, -0.05) is 30.3 Å². The molecule has 2 rings (SSSR count). The molecular formula is C17H17F2NO2S. The van der Waals surface area contributed by atoms with Gasteiger partial charge in [0.05, 0.1) is 5.25 Å². The number of amides is 1. The zero-order valence-corrected chi connectivity index (χ0v) is 13.4. The van der Waals surface area contributed by atoms with E-state index in [1.165, 1.54) is 36.0 Å². The highest BCUT2D eigenvalue weighted by molar-refractivity contribution is 7.99. The summed E-state index contributed by atoms with van der Waals surface area (Å²) >= 11 is 1.53. The molecule has 0 aliphatic rings. The van der Waals surface area contributed by atoms with Gasteiger partial charge < -0.3 is 10.1 Å². The Morgan fingerprint density at radius 2 is 1.78 bits per heavy atom.